The first-order valence-corrected chi connectivity index (χ1v) is 4.16. The molecule has 3 nitrogen and oxygen atoms in total. The molecule has 0 saturated heterocycles. The van der Waals surface area contributed by atoms with E-state index in [0.29, 0.717) is 24.3 Å². The summed E-state index contributed by atoms with van der Waals surface area (Å²) in [5.74, 6) is 0.0788. The van der Waals surface area contributed by atoms with Crippen LogP contribution in [-0.2, 0) is 0 Å². The Morgan fingerprint density at radius 3 is 3.00 bits per heavy atom. The van der Waals surface area contributed by atoms with E-state index in [1.165, 1.54) is 6.07 Å². The molecule has 1 aliphatic rings. The quantitative estimate of drug-likeness (QED) is 0.592. The first-order chi connectivity index (χ1) is 6.20. The van der Waals surface area contributed by atoms with Gasteiger partial charge in [-0.05, 0) is 12.1 Å². The van der Waals surface area contributed by atoms with Crippen molar-refractivity contribution in [1.29, 1.82) is 0 Å². The fraction of sp³-hybridized carbons (Fsp3) is 0.333. The maximum absolute atomic E-state index is 13.4. The third-order valence-corrected chi connectivity index (χ3v) is 2.23. The fourth-order valence-electron chi connectivity index (χ4n) is 1.50. The third kappa shape index (κ3) is 1.23. The normalized spacial score (nSPS) is 20.6. The second-order valence-corrected chi connectivity index (χ2v) is 3.12. The minimum Gasteiger partial charge on any atom is -0.493 e. The summed E-state index contributed by atoms with van der Waals surface area (Å²) in [6, 6.07) is 2.85. The van der Waals surface area contributed by atoms with Gasteiger partial charge in [0.15, 0.2) is 5.82 Å². The van der Waals surface area contributed by atoms with E-state index in [9.17, 15) is 4.39 Å². The van der Waals surface area contributed by atoms with Gasteiger partial charge in [0.2, 0.25) is 0 Å². The van der Waals surface area contributed by atoms with Gasteiger partial charge in [-0.3, -0.25) is 0 Å². The van der Waals surface area contributed by atoms with Crippen LogP contribution in [0.5, 0.6) is 5.75 Å². The van der Waals surface area contributed by atoms with E-state index in [4.69, 9.17) is 16.2 Å². The molecular weight excluding hydrogens is 171 g/mol. The number of ether oxygens (including phenoxy) is 1. The van der Waals surface area contributed by atoms with E-state index in [0.717, 1.165) is 0 Å². The molecule has 70 valence electrons. The Morgan fingerprint density at radius 2 is 2.23 bits per heavy atom. The largest absolute Gasteiger partial charge is 0.493 e. The van der Waals surface area contributed by atoms with Crippen molar-refractivity contribution in [2.24, 2.45) is 5.73 Å². The number of hydrogen-bond acceptors (Lipinski definition) is 3. The monoisotopic (exact) mass is 182 g/mol. The van der Waals surface area contributed by atoms with Gasteiger partial charge < -0.3 is 16.2 Å². The van der Waals surface area contributed by atoms with Gasteiger partial charge in [-0.1, -0.05) is 0 Å². The van der Waals surface area contributed by atoms with Gasteiger partial charge in [0.25, 0.3) is 0 Å². The molecule has 1 aromatic carbocycles. The lowest BCUT2D eigenvalue weighted by atomic mass is 10.0. The highest BCUT2D eigenvalue weighted by Gasteiger charge is 2.23. The van der Waals surface area contributed by atoms with Crippen LogP contribution in [0.1, 0.15) is 18.0 Å². The molecule has 0 fully saturated rings. The zero-order chi connectivity index (χ0) is 9.42. The standard InChI is InChI=1S/C9H11FN2O/c10-9-6(12)1-2-7-8(9)5(11)3-4-13-7/h1-2,5H,3-4,11-12H2/t5-/m0/s1. The predicted octanol–water partition coefficient (Wildman–Crippen LogP) is 1.19. The van der Waals surface area contributed by atoms with E-state index >= 15 is 0 Å². The predicted molar refractivity (Wildman–Crippen MR) is 47.9 cm³/mol. The lowest BCUT2D eigenvalue weighted by Crippen LogP contribution is -2.22. The highest BCUT2D eigenvalue weighted by Crippen LogP contribution is 2.34. The number of fused-ring (bicyclic) bond motifs is 1. The third-order valence-electron chi connectivity index (χ3n) is 2.23. The van der Waals surface area contributed by atoms with Crippen LogP contribution in [0.25, 0.3) is 0 Å². The Bertz CT molecular complexity index is 341. The number of hydrogen-bond donors (Lipinski definition) is 2. The fourth-order valence-corrected chi connectivity index (χ4v) is 1.50. The maximum atomic E-state index is 13.4. The van der Waals surface area contributed by atoms with Crippen molar-refractivity contribution in [3.63, 3.8) is 0 Å². The van der Waals surface area contributed by atoms with Crippen molar-refractivity contribution < 1.29 is 9.13 Å². The zero-order valence-electron chi connectivity index (χ0n) is 7.09. The molecule has 13 heavy (non-hydrogen) atoms. The molecule has 1 aliphatic heterocycles. The van der Waals surface area contributed by atoms with Gasteiger partial charge >= 0.3 is 0 Å². The molecule has 2 rings (SSSR count). The molecule has 0 bridgehead atoms. The lowest BCUT2D eigenvalue weighted by molar-refractivity contribution is 0.264. The van der Waals surface area contributed by atoms with Crippen LogP contribution < -0.4 is 16.2 Å². The molecule has 1 aromatic rings. The van der Waals surface area contributed by atoms with Crippen molar-refractivity contribution in [3.05, 3.63) is 23.5 Å². The van der Waals surface area contributed by atoms with Gasteiger partial charge in [0.1, 0.15) is 5.75 Å². The average Bonchev–Trinajstić information content (AvgIpc) is 2.12. The number of benzene rings is 1. The van der Waals surface area contributed by atoms with Crippen molar-refractivity contribution in [2.75, 3.05) is 12.3 Å². The van der Waals surface area contributed by atoms with Crippen molar-refractivity contribution in [3.8, 4) is 5.75 Å². The molecule has 0 spiro atoms. The molecule has 0 unspecified atom stereocenters. The number of halogens is 1. The smallest absolute Gasteiger partial charge is 0.154 e. The van der Waals surface area contributed by atoms with Crippen LogP contribution in [-0.4, -0.2) is 6.61 Å². The average molecular weight is 182 g/mol. The van der Waals surface area contributed by atoms with Crippen LogP contribution in [0.4, 0.5) is 10.1 Å². The van der Waals surface area contributed by atoms with E-state index in [1.807, 2.05) is 0 Å². The van der Waals surface area contributed by atoms with Crippen LogP contribution in [0.2, 0.25) is 0 Å². The zero-order valence-corrected chi connectivity index (χ0v) is 7.09. The summed E-state index contributed by atoms with van der Waals surface area (Å²) in [6.45, 7) is 0.539. The van der Waals surface area contributed by atoms with Crippen molar-refractivity contribution in [2.45, 2.75) is 12.5 Å². The van der Waals surface area contributed by atoms with Crippen LogP contribution >= 0.6 is 0 Å². The molecule has 0 radical (unpaired) electrons. The number of rotatable bonds is 0. The van der Waals surface area contributed by atoms with Gasteiger partial charge in [0.05, 0.1) is 12.3 Å². The molecular formula is C9H11FN2O. The molecule has 0 amide bonds. The Labute approximate surface area is 75.5 Å². The van der Waals surface area contributed by atoms with E-state index in [2.05, 4.69) is 0 Å². The van der Waals surface area contributed by atoms with Gasteiger partial charge in [-0.2, -0.15) is 0 Å². The Morgan fingerprint density at radius 1 is 1.46 bits per heavy atom. The van der Waals surface area contributed by atoms with Gasteiger partial charge in [-0.15, -0.1) is 0 Å². The summed E-state index contributed by atoms with van der Waals surface area (Å²) in [7, 11) is 0. The highest BCUT2D eigenvalue weighted by atomic mass is 19.1. The minimum atomic E-state index is -0.440. The molecule has 4 heteroatoms. The van der Waals surface area contributed by atoms with E-state index in [1.54, 1.807) is 6.07 Å². The van der Waals surface area contributed by atoms with Crippen LogP contribution in [0.15, 0.2) is 12.1 Å². The number of nitrogen functional groups attached to an aromatic ring is 1. The summed E-state index contributed by atoms with van der Waals surface area (Å²) in [5, 5.41) is 0. The summed E-state index contributed by atoms with van der Waals surface area (Å²) < 4.78 is 18.7. The number of anilines is 1. The van der Waals surface area contributed by atoms with Gasteiger partial charge in [-0.25, -0.2) is 4.39 Å². The van der Waals surface area contributed by atoms with Gasteiger partial charge in [0, 0.05) is 18.0 Å². The molecule has 0 aromatic heterocycles. The first-order valence-electron chi connectivity index (χ1n) is 4.16. The Kier molecular flexibility index (Phi) is 1.84. The van der Waals surface area contributed by atoms with E-state index in [-0.39, 0.29) is 11.7 Å². The second-order valence-electron chi connectivity index (χ2n) is 3.12. The SMILES string of the molecule is Nc1ccc2c(c1F)[C@@H](N)CCO2. The summed E-state index contributed by atoms with van der Waals surface area (Å²) in [4.78, 5) is 0. The lowest BCUT2D eigenvalue weighted by Gasteiger charge is -2.23. The molecule has 0 saturated carbocycles. The summed E-state index contributed by atoms with van der Waals surface area (Å²) in [6.07, 6.45) is 0.632. The summed E-state index contributed by atoms with van der Waals surface area (Å²) >= 11 is 0. The summed E-state index contributed by atoms with van der Waals surface area (Å²) in [5.41, 5.74) is 11.7. The second kappa shape index (κ2) is 2.88. The molecule has 0 aliphatic carbocycles. The maximum Gasteiger partial charge on any atom is 0.154 e. The Hall–Kier alpha value is -1.29. The topological polar surface area (TPSA) is 61.3 Å². The van der Waals surface area contributed by atoms with Crippen LogP contribution in [0.3, 0.4) is 0 Å². The minimum absolute atomic E-state index is 0.125. The Balaban J connectivity index is 2.58. The van der Waals surface area contributed by atoms with E-state index < -0.39 is 5.82 Å². The molecule has 1 atom stereocenters. The van der Waals surface area contributed by atoms with Crippen molar-refractivity contribution in [1.82, 2.24) is 0 Å². The van der Waals surface area contributed by atoms with Crippen molar-refractivity contribution >= 4 is 5.69 Å². The number of nitrogens with two attached hydrogens (primary N) is 2. The highest BCUT2D eigenvalue weighted by molar-refractivity contribution is 5.51. The first kappa shape index (κ1) is 8.31. The molecule has 1 heterocycles. The van der Waals surface area contributed by atoms with Crippen LogP contribution in [0, 0.1) is 5.82 Å². The molecule has 4 N–H and O–H groups in total.